The minimum Gasteiger partial charge on any atom is -0.351 e. The highest BCUT2D eigenvalue weighted by molar-refractivity contribution is 8.00. The van der Waals surface area contributed by atoms with Gasteiger partial charge in [-0.15, -0.1) is 11.3 Å². The highest BCUT2D eigenvalue weighted by atomic mass is 32.2. The van der Waals surface area contributed by atoms with Gasteiger partial charge in [0.1, 0.15) is 11.4 Å². The quantitative estimate of drug-likeness (QED) is 0.382. The van der Waals surface area contributed by atoms with E-state index in [1.54, 1.807) is 17.1 Å². The summed E-state index contributed by atoms with van der Waals surface area (Å²) in [4.78, 5) is 37.8. The Morgan fingerprint density at radius 1 is 1.22 bits per heavy atom. The average molecular weight is 405 g/mol. The summed E-state index contributed by atoms with van der Waals surface area (Å²) < 4.78 is 1.67. The molecular weight excluding hydrogens is 384 g/mol. The van der Waals surface area contributed by atoms with Crippen LogP contribution in [-0.2, 0) is 18.4 Å². The number of Topliss-reactive ketones (excluding diaryl/α,β-unsaturated/α-hetero) is 1. The van der Waals surface area contributed by atoms with Crippen molar-refractivity contribution in [2.45, 2.75) is 32.3 Å². The molecule has 0 aliphatic rings. The first-order valence-electron chi connectivity index (χ1n) is 8.27. The lowest BCUT2D eigenvalue weighted by Gasteiger charge is -2.16. The zero-order valence-electron chi connectivity index (χ0n) is 15.5. The van der Waals surface area contributed by atoms with Gasteiger partial charge in [-0.25, -0.2) is 15.0 Å². The van der Waals surface area contributed by atoms with E-state index in [2.05, 4.69) is 25.4 Å². The molecule has 1 N–H and O–H groups in total. The molecule has 8 nitrogen and oxygen atoms in total. The summed E-state index contributed by atoms with van der Waals surface area (Å²) in [6.45, 7) is 5.94. The molecule has 0 atom stereocenters. The fraction of sp³-hybridized carbons (Fsp3) is 0.412. The third kappa shape index (κ3) is 4.51. The van der Waals surface area contributed by atoms with Crippen molar-refractivity contribution < 1.29 is 9.59 Å². The van der Waals surface area contributed by atoms with E-state index in [1.807, 2.05) is 27.8 Å². The number of hydrogen-bond donors (Lipinski definition) is 1. The zero-order chi connectivity index (χ0) is 19.6. The van der Waals surface area contributed by atoms with Gasteiger partial charge in [-0.1, -0.05) is 32.5 Å². The van der Waals surface area contributed by atoms with Crippen LogP contribution < -0.4 is 5.32 Å². The standard InChI is InChI=1S/C17H20N6O2S2/c1-17(2,3)16(25)19-6-10-5-18-15(27-10)12(24)8-26-14-11-7-22-23(4)13(11)20-9-21-14/h5,7,9H,6,8H2,1-4H3,(H,19,25). The van der Waals surface area contributed by atoms with E-state index in [-0.39, 0.29) is 17.4 Å². The van der Waals surface area contributed by atoms with Crippen LogP contribution in [0.1, 0.15) is 35.5 Å². The number of aromatic nitrogens is 5. The Bertz CT molecular complexity index is 989. The van der Waals surface area contributed by atoms with E-state index < -0.39 is 5.41 Å². The Labute approximate surface area is 164 Å². The van der Waals surface area contributed by atoms with E-state index >= 15 is 0 Å². The fourth-order valence-corrected chi connectivity index (χ4v) is 3.91. The third-order valence-corrected chi connectivity index (χ3v) is 5.77. The number of nitrogens with zero attached hydrogens (tertiary/aromatic N) is 5. The van der Waals surface area contributed by atoms with Crippen LogP contribution in [0.3, 0.4) is 0 Å². The van der Waals surface area contributed by atoms with Gasteiger partial charge in [0.2, 0.25) is 11.7 Å². The molecule has 0 saturated heterocycles. The van der Waals surface area contributed by atoms with E-state index in [1.165, 1.54) is 29.4 Å². The molecule has 0 bridgehead atoms. The van der Waals surface area contributed by atoms with Gasteiger partial charge in [0.05, 0.1) is 23.9 Å². The fourth-order valence-electron chi connectivity index (χ4n) is 2.20. The number of carbonyl (C=O) groups excluding carboxylic acids is 2. The summed E-state index contributed by atoms with van der Waals surface area (Å²) in [5, 5.41) is 9.00. The molecule has 27 heavy (non-hydrogen) atoms. The lowest BCUT2D eigenvalue weighted by Crippen LogP contribution is -2.34. The van der Waals surface area contributed by atoms with Crippen LogP contribution in [0.25, 0.3) is 11.0 Å². The first-order valence-corrected chi connectivity index (χ1v) is 10.1. The number of hydrogen-bond acceptors (Lipinski definition) is 8. The highest BCUT2D eigenvalue weighted by Gasteiger charge is 2.21. The van der Waals surface area contributed by atoms with Crippen LogP contribution in [-0.4, -0.2) is 42.2 Å². The Balaban J connectivity index is 1.60. The maximum Gasteiger partial charge on any atom is 0.225 e. The van der Waals surface area contributed by atoms with Crippen LogP contribution >= 0.6 is 23.1 Å². The number of nitrogens with one attached hydrogen (secondary N) is 1. The first-order chi connectivity index (χ1) is 12.8. The minimum atomic E-state index is -0.449. The van der Waals surface area contributed by atoms with Crippen LogP contribution in [0.15, 0.2) is 23.7 Å². The van der Waals surface area contributed by atoms with Gasteiger partial charge in [0, 0.05) is 23.5 Å². The SMILES string of the molecule is Cn1ncc2c(SCC(=O)c3ncc(CNC(=O)C(C)(C)C)s3)ncnc21. The summed E-state index contributed by atoms with van der Waals surface area (Å²) in [5.41, 5.74) is 0.279. The molecule has 0 fully saturated rings. The van der Waals surface area contributed by atoms with Crippen molar-refractivity contribution in [1.82, 2.24) is 30.0 Å². The number of amides is 1. The lowest BCUT2D eigenvalue weighted by molar-refractivity contribution is -0.128. The number of thiazole rings is 1. The highest BCUT2D eigenvalue weighted by Crippen LogP contribution is 2.25. The van der Waals surface area contributed by atoms with Gasteiger partial charge in [0.15, 0.2) is 10.7 Å². The molecule has 0 aromatic carbocycles. The molecule has 1 amide bonds. The normalized spacial score (nSPS) is 11.7. The van der Waals surface area contributed by atoms with Gasteiger partial charge >= 0.3 is 0 Å². The topological polar surface area (TPSA) is 103 Å². The molecule has 3 rings (SSSR count). The number of aryl methyl sites for hydroxylation is 1. The van der Waals surface area contributed by atoms with Crippen molar-refractivity contribution in [3.05, 3.63) is 28.6 Å². The zero-order valence-corrected chi connectivity index (χ0v) is 17.1. The van der Waals surface area contributed by atoms with E-state index in [4.69, 9.17) is 0 Å². The number of carbonyl (C=O) groups is 2. The third-order valence-electron chi connectivity index (χ3n) is 3.73. The summed E-state index contributed by atoms with van der Waals surface area (Å²) >= 11 is 2.64. The van der Waals surface area contributed by atoms with Crippen molar-refractivity contribution in [1.29, 1.82) is 0 Å². The van der Waals surface area contributed by atoms with Gasteiger partial charge in [-0.05, 0) is 0 Å². The molecule has 0 aliphatic heterocycles. The number of ketones is 1. The van der Waals surface area contributed by atoms with Crippen molar-refractivity contribution in [3.8, 4) is 0 Å². The second kappa shape index (κ2) is 7.73. The van der Waals surface area contributed by atoms with Crippen molar-refractivity contribution in [2.75, 3.05) is 5.75 Å². The summed E-state index contributed by atoms with van der Waals surface area (Å²) in [6, 6.07) is 0. The van der Waals surface area contributed by atoms with Crippen LogP contribution in [0.5, 0.6) is 0 Å². The number of rotatable bonds is 6. The molecule has 142 valence electrons. The van der Waals surface area contributed by atoms with Crippen molar-refractivity contribution >= 4 is 45.8 Å². The van der Waals surface area contributed by atoms with E-state index in [0.717, 1.165) is 20.9 Å². The molecule has 3 aromatic rings. The molecule has 0 aliphatic carbocycles. The lowest BCUT2D eigenvalue weighted by atomic mass is 9.96. The molecule has 0 radical (unpaired) electrons. The Hall–Kier alpha value is -2.33. The largest absolute Gasteiger partial charge is 0.351 e. The van der Waals surface area contributed by atoms with Crippen molar-refractivity contribution in [2.24, 2.45) is 12.5 Å². The molecule has 0 saturated carbocycles. The Morgan fingerprint density at radius 3 is 2.74 bits per heavy atom. The summed E-state index contributed by atoms with van der Waals surface area (Å²) in [7, 11) is 1.81. The predicted molar refractivity (Wildman–Crippen MR) is 105 cm³/mol. The molecule has 0 spiro atoms. The van der Waals surface area contributed by atoms with E-state index in [9.17, 15) is 9.59 Å². The maximum atomic E-state index is 12.4. The van der Waals surface area contributed by atoms with Crippen LogP contribution in [0.4, 0.5) is 0 Å². The second-order valence-electron chi connectivity index (χ2n) is 6.96. The molecule has 3 heterocycles. The number of fused-ring (bicyclic) bond motifs is 1. The molecular formula is C17H20N6O2S2. The summed E-state index contributed by atoms with van der Waals surface area (Å²) in [6.07, 6.45) is 4.80. The number of thioether (sulfide) groups is 1. The monoisotopic (exact) mass is 404 g/mol. The van der Waals surface area contributed by atoms with Gasteiger partial charge in [0.25, 0.3) is 0 Å². The smallest absolute Gasteiger partial charge is 0.225 e. The van der Waals surface area contributed by atoms with Gasteiger partial charge in [-0.2, -0.15) is 5.10 Å². The minimum absolute atomic E-state index is 0.0384. The Morgan fingerprint density at radius 2 is 2.00 bits per heavy atom. The van der Waals surface area contributed by atoms with Gasteiger partial charge in [-0.3, -0.25) is 14.3 Å². The second-order valence-corrected chi connectivity index (χ2v) is 9.04. The molecule has 3 aromatic heterocycles. The first kappa shape index (κ1) is 19.4. The molecule has 0 unspecified atom stereocenters. The van der Waals surface area contributed by atoms with Crippen LogP contribution in [0, 0.1) is 5.41 Å². The van der Waals surface area contributed by atoms with Gasteiger partial charge < -0.3 is 5.32 Å². The molecule has 10 heteroatoms. The summed E-state index contributed by atoms with van der Waals surface area (Å²) in [5.74, 6) is 0.111. The van der Waals surface area contributed by atoms with Crippen molar-refractivity contribution in [3.63, 3.8) is 0 Å². The predicted octanol–water partition coefficient (Wildman–Crippen LogP) is 2.46. The van der Waals surface area contributed by atoms with Crippen LogP contribution in [0.2, 0.25) is 0 Å². The average Bonchev–Trinajstić information content (AvgIpc) is 3.24. The Kier molecular flexibility index (Phi) is 5.56. The maximum absolute atomic E-state index is 12.4. The van der Waals surface area contributed by atoms with E-state index in [0.29, 0.717) is 11.6 Å².